The molecule has 1 saturated carbocycles. The van der Waals surface area contributed by atoms with Crippen LogP contribution in [0.5, 0.6) is 0 Å². The van der Waals surface area contributed by atoms with Gasteiger partial charge in [0.15, 0.2) is 6.10 Å². The number of amides is 2. The van der Waals surface area contributed by atoms with E-state index < -0.39 is 18.0 Å². The number of benzene rings is 1. The summed E-state index contributed by atoms with van der Waals surface area (Å²) in [5.74, 6) is -0.867. The van der Waals surface area contributed by atoms with Gasteiger partial charge in [-0.15, -0.1) is 11.3 Å². The van der Waals surface area contributed by atoms with E-state index in [1.807, 2.05) is 51.2 Å². The molecule has 0 saturated heterocycles. The van der Waals surface area contributed by atoms with Gasteiger partial charge in [0, 0.05) is 44.3 Å². The number of nitrogens with zero attached hydrogens (tertiary/aromatic N) is 2. The third kappa shape index (κ3) is 9.95. The minimum atomic E-state index is -0.693. The van der Waals surface area contributed by atoms with Crippen LogP contribution in [0.2, 0.25) is 0 Å². The third-order valence-corrected chi connectivity index (χ3v) is 8.45. The molecule has 1 N–H and O–H groups in total. The van der Waals surface area contributed by atoms with Crippen LogP contribution in [-0.4, -0.2) is 59.9 Å². The minimum Gasteiger partial charge on any atom is -0.469 e. The van der Waals surface area contributed by atoms with Crippen molar-refractivity contribution in [1.29, 1.82) is 0 Å². The van der Waals surface area contributed by atoms with Crippen LogP contribution in [0.4, 0.5) is 0 Å². The zero-order chi connectivity index (χ0) is 30.1. The zero-order valence-electron chi connectivity index (χ0n) is 24.9. The summed E-state index contributed by atoms with van der Waals surface area (Å²) in [4.78, 5) is 56.7. The molecule has 1 aliphatic rings. The van der Waals surface area contributed by atoms with E-state index >= 15 is 0 Å². The van der Waals surface area contributed by atoms with Crippen molar-refractivity contribution in [2.45, 2.75) is 84.4 Å². The van der Waals surface area contributed by atoms with Gasteiger partial charge in [-0.2, -0.15) is 0 Å². The molecule has 2 amide bonds. The zero-order valence-corrected chi connectivity index (χ0v) is 25.7. The molecule has 0 bridgehead atoms. The lowest BCUT2D eigenvalue weighted by molar-refractivity contribution is -0.148. The monoisotopic (exact) mass is 585 g/mol. The molecule has 1 aromatic carbocycles. The van der Waals surface area contributed by atoms with Crippen LogP contribution >= 0.6 is 11.3 Å². The lowest BCUT2D eigenvalue weighted by atomic mass is 9.96. The fourth-order valence-electron chi connectivity index (χ4n) is 5.01. The molecule has 2 aromatic rings. The number of methoxy groups -OCH3 is 1. The highest BCUT2D eigenvalue weighted by Crippen LogP contribution is 2.35. The van der Waals surface area contributed by atoms with Crippen molar-refractivity contribution in [3.8, 4) is 0 Å². The predicted octanol–water partition coefficient (Wildman–Crippen LogP) is 4.96. The molecule has 1 aliphatic carbocycles. The van der Waals surface area contributed by atoms with Gasteiger partial charge in [-0.3, -0.25) is 19.2 Å². The predicted molar refractivity (Wildman–Crippen MR) is 157 cm³/mol. The first-order valence-electron chi connectivity index (χ1n) is 14.3. The number of nitrogens with one attached hydrogen (secondary N) is 1. The van der Waals surface area contributed by atoms with Crippen LogP contribution < -0.4 is 5.32 Å². The Morgan fingerprint density at radius 1 is 1.10 bits per heavy atom. The molecule has 10 heteroatoms. The molecule has 1 aromatic heterocycles. The Morgan fingerprint density at radius 3 is 2.37 bits per heavy atom. The van der Waals surface area contributed by atoms with E-state index in [4.69, 9.17) is 9.47 Å². The van der Waals surface area contributed by atoms with E-state index in [1.54, 1.807) is 17.2 Å². The van der Waals surface area contributed by atoms with Gasteiger partial charge in [-0.1, -0.05) is 51.1 Å². The normalized spacial score (nSPS) is 15.9. The van der Waals surface area contributed by atoms with Crippen molar-refractivity contribution in [3.63, 3.8) is 0 Å². The van der Waals surface area contributed by atoms with Gasteiger partial charge in [-0.05, 0) is 43.1 Å². The SMILES string of the molecule is COC(=O)C(C)C[C@H](Cc1ccccc1)NC(=O)c1csc(C(CC(C(C)C)N(C)C(=O)CC2CC2)OC(C)=O)n1. The molecule has 3 rings (SSSR count). The number of hydrogen-bond donors (Lipinski definition) is 1. The van der Waals surface area contributed by atoms with Crippen molar-refractivity contribution in [2.75, 3.05) is 14.2 Å². The molecular formula is C31H43N3O6S. The number of carbonyl (C=O) groups excluding carboxylic acids is 4. The van der Waals surface area contributed by atoms with E-state index in [1.165, 1.54) is 25.4 Å². The lowest BCUT2D eigenvalue weighted by Gasteiger charge is -2.33. The van der Waals surface area contributed by atoms with Crippen LogP contribution in [-0.2, 0) is 30.3 Å². The Morgan fingerprint density at radius 2 is 1.78 bits per heavy atom. The van der Waals surface area contributed by atoms with Gasteiger partial charge in [-0.25, -0.2) is 4.98 Å². The Kier molecular flexibility index (Phi) is 11.9. The van der Waals surface area contributed by atoms with Gasteiger partial charge < -0.3 is 19.7 Å². The van der Waals surface area contributed by atoms with E-state index in [9.17, 15) is 19.2 Å². The summed E-state index contributed by atoms with van der Waals surface area (Å²) in [6.07, 6.45) is 3.36. The highest BCUT2D eigenvalue weighted by atomic mass is 32.1. The molecule has 224 valence electrons. The molecule has 9 nitrogen and oxygen atoms in total. The van der Waals surface area contributed by atoms with Crippen LogP contribution in [0.1, 0.15) is 87.0 Å². The van der Waals surface area contributed by atoms with Gasteiger partial charge in [0.25, 0.3) is 5.91 Å². The van der Waals surface area contributed by atoms with Crippen molar-refractivity contribution in [3.05, 3.63) is 52.0 Å². The first-order chi connectivity index (χ1) is 19.5. The number of aromatic nitrogens is 1. The molecular weight excluding hydrogens is 542 g/mol. The second kappa shape index (κ2) is 15.1. The molecule has 4 atom stereocenters. The Labute approximate surface area is 247 Å². The summed E-state index contributed by atoms with van der Waals surface area (Å²) in [6.45, 7) is 7.20. The number of hydrogen-bond acceptors (Lipinski definition) is 8. The second-order valence-corrected chi connectivity index (χ2v) is 12.3. The van der Waals surface area contributed by atoms with E-state index in [0.29, 0.717) is 36.6 Å². The molecule has 0 aliphatic heterocycles. The van der Waals surface area contributed by atoms with Crippen molar-refractivity contribution in [1.82, 2.24) is 15.2 Å². The molecule has 1 fully saturated rings. The van der Waals surface area contributed by atoms with Crippen LogP contribution in [0.3, 0.4) is 0 Å². The van der Waals surface area contributed by atoms with Crippen LogP contribution in [0.15, 0.2) is 35.7 Å². The summed E-state index contributed by atoms with van der Waals surface area (Å²) in [5, 5.41) is 5.19. The summed E-state index contributed by atoms with van der Waals surface area (Å²) < 4.78 is 10.6. The maximum atomic E-state index is 13.3. The summed E-state index contributed by atoms with van der Waals surface area (Å²) in [7, 11) is 3.16. The van der Waals surface area contributed by atoms with E-state index in [0.717, 1.165) is 18.4 Å². The average Bonchev–Trinajstić information content (AvgIpc) is 3.60. The first-order valence-corrected chi connectivity index (χ1v) is 15.2. The molecule has 0 spiro atoms. The summed E-state index contributed by atoms with van der Waals surface area (Å²) in [6, 6.07) is 9.25. The van der Waals surface area contributed by atoms with Crippen LogP contribution in [0.25, 0.3) is 0 Å². The largest absolute Gasteiger partial charge is 0.469 e. The number of ether oxygens (including phenoxy) is 2. The lowest BCUT2D eigenvalue weighted by Crippen LogP contribution is -2.42. The number of carbonyl (C=O) groups is 4. The number of thiazole rings is 1. The maximum Gasteiger partial charge on any atom is 0.308 e. The Balaban J connectivity index is 1.76. The highest BCUT2D eigenvalue weighted by Gasteiger charge is 2.33. The maximum absolute atomic E-state index is 13.3. The Hall–Kier alpha value is -3.27. The number of esters is 2. The minimum absolute atomic E-state index is 0.0950. The average molecular weight is 586 g/mol. The summed E-state index contributed by atoms with van der Waals surface area (Å²) >= 11 is 1.25. The van der Waals surface area contributed by atoms with Crippen molar-refractivity contribution < 1.29 is 28.7 Å². The highest BCUT2D eigenvalue weighted by molar-refractivity contribution is 7.09. The van der Waals surface area contributed by atoms with Crippen molar-refractivity contribution >= 4 is 35.1 Å². The molecule has 3 unspecified atom stereocenters. The number of rotatable bonds is 15. The fourth-order valence-corrected chi connectivity index (χ4v) is 5.85. The van der Waals surface area contributed by atoms with Gasteiger partial charge in [0.05, 0.1) is 13.0 Å². The van der Waals surface area contributed by atoms with E-state index in [2.05, 4.69) is 10.3 Å². The fraction of sp³-hybridized carbons (Fsp3) is 0.581. The van der Waals surface area contributed by atoms with Gasteiger partial charge in [0.2, 0.25) is 5.91 Å². The Bertz CT molecular complexity index is 1180. The van der Waals surface area contributed by atoms with Crippen LogP contribution in [0, 0.1) is 17.8 Å². The van der Waals surface area contributed by atoms with Gasteiger partial charge >= 0.3 is 11.9 Å². The topological polar surface area (TPSA) is 115 Å². The standard InChI is InChI=1S/C31H43N3O6S/c1-19(2)26(34(5)28(36)16-23-12-13-23)17-27(40-21(4)35)30-33-25(18-41-30)29(37)32-24(14-20(3)31(38)39-6)15-22-10-8-7-9-11-22/h7-11,18-20,23-24,26-27H,12-17H2,1-6H3,(H,32,37)/t20?,24-,26?,27?/m1/s1. The van der Waals surface area contributed by atoms with E-state index in [-0.39, 0.29) is 41.5 Å². The van der Waals surface area contributed by atoms with Crippen molar-refractivity contribution in [2.24, 2.45) is 17.8 Å². The third-order valence-electron chi connectivity index (χ3n) is 7.52. The second-order valence-electron chi connectivity index (χ2n) is 11.4. The molecule has 41 heavy (non-hydrogen) atoms. The quantitative estimate of drug-likeness (QED) is 0.294. The first kappa shape index (κ1) is 32.2. The molecule has 0 radical (unpaired) electrons. The molecule has 1 heterocycles. The smallest absolute Gasteiger partial charge is 0.308 e. The van der Waals surface area contributed by atoms with Gasteiger partial charge in [0.1, 0.15) is 10.7 Å². The summed E-state index contributed by atoms with van der Waals surface area (Å²) in [5.41, 5.74) is 1.24.